The maximum absolute atomic E-state index is 12.7. The summed E-state index contributed by atoms with van der Waals surface area (Å²) in [5.41, 5.74) is 3.43. The molecule has 2 N–H and O–H groups in total. The molecule has 0 atom stereocenters. The number of aromatic nitrogens is 2. The topological polar surface area (TPSA) is 70.2 Å². The lowest BCUT2D eigenvalue weighted by Gasteiger charge is -2.23. The number of rotatable bonds is 9. The van der Waals surface area contributed by atoms with Gasteiger partial charge in [0.2, 0.25) is 0 Å². The number of carbonyl (C=O) groups excluding carboxylic acids is 1. The van der Waals surface area contributed by atoms with Crippen LogP contribution in [0.1, 0.15) is 47.8 Å². The number of hydrogen-bond donors (Lipinski definition) is 2. The lowest BCUT2D eigenvalue weighted by atomic mass is 10.1. The molecule has 1 aliphatic carbocycles. The molecule has 1 aromatic carbocycles. The zero-order valence-corrected chi connectivity index (χ0v) is 16.5. The van der Waals surface area contributed by atoms with Crippen LogP contribution >= 0.6 is 0 Å². The Hall–Kier alpha value is -2.47. The standard InChI is InChI=1S/C21H29N5O/c1-4-9-26(13-16-5-6-16)20-11-19(23-14-24-20)21(27)25-18-8-7-17(12-22-3)10-15(18)2/h7-8,10-11,14,16,22H,4-6,9,12-13H2,1-3H3,(H,25,27). The molecule has 1 saturated carbocycles. The quantitative estimate of drug-likeness (QED) is 0.711. The second kappa shape index (κ2) is 8.95. The van der Waals surface area contributed by atoms with Gasteiger partial charge in [0.1, 0.15) is 17.8 Å². The first-order valence-corrected chi connectivity index (χ1v) is 9.73. The van der Waals surface area contributed by atoms with E-state index in [0.717, 1.165) is 49.0 Å². The van der Waals surface area contributed by atoms with Crippen LogP contribution < -0.4 is 15.5 Å². The lowest BCUT2D eigenvalue weighted by molar-refractivity contribution is 0.102. The Morgan fingerprint density at radius 3 is 2.74 bits per heavy atom. The summed E-state index contributed by atoms with van der Waals surface area (Å²) in [6, 6.07) is 7.84. The van der Waals surface area contributed by atoms with Gasteiger partial charge in [0, 0.05) is 31.4 Å². The van der Waals surface area contributed by atoms with Crippen LogP contribution in [-0.2, 0) is 6.54 Å². The molecular weight excluding hydrogens is 338 g/mol. The summed E-state index contributed by atoms with van der Waals surface area (Å²) < 4.78 is 0. The van der Waals surface area contributed by atoms with Crippen molar-refractivity contribution in [3.63, 3.8) is 0 Å². The second-order valence-corrected chi connectivity index (χ2v) is 7.28. The van der Waals surface area contributed by atoms with Crippen LogP contribution in [0.5, 0.6) is 0 Å². The summed E-state index contributed by atoms with van der Waals surface area (Å²) in [5, 5.41) is 6.11. The first-order chi connectivity index (χ1) is 13.1. The molecule has 1 aromatic heterocycles. The number of amides is 1. The first kappa shape index (κ1) is 19.3. The van der Waals surface area contributed by atoms with Gasteiger partial charge in [0.05, 0.1) is 0 Å². The van der Waals surface area contributed by atoms with Crippen LogP contribution in [0, 0.1) is 12.8 Å². The monoisotopic (exact) mass is 367 g/mol. The molecule has 0 unspecified atom stereocenters. The molecule has 1 aliphatic rings. The van der Waals surface area contributed by atoms with Gasteiger partial charge in [0.25, 0.3) is 5.91 Å². The number of benzene rings is 1. The molecule has 27 heavy (non-hydrogen) atoms. The van der Waals surface area contributed by atoms with Gasteiger partial charge in [-0.3, -0.25) is 4.79 Å². The highest BCUT2D eigenvalue weighted by molar-refractivity contribution is 6.03. The van der Waals surface area contributed by atoms with Crippen molar-refractivity contribution in [2.45, 2.75) is 39.7 Å². The molecule has 0 spiro atoms. The Morgan fingerprint density at radius 2 is 2.07 bits per heavy atom. The summed E-state index contributed by atoms with van der Waals surface area (Å²) in [4.78, 5) is 23.6. The van der Waals surface area contributed by atoms with E-state index in [0.29, 0.717) is 5.69 Å². The van der Waals surface area contributed by atoms with Gasteiger partial charge in [0.15, 0.2) is 0 Å². The van der Waals surface area contributed by atoms with E-state index in [1.54, 1.807) is 6.07 Å². The van der Waals surface area contributed by atoms with Gasteiger partial charge < -0.3 is 15.5 Å². The number of nitrogens with one attached hydrogen (secondary N) is 2. The van der Waals surface area contributed by atoms with Gasteiger partial charge in [-0.05, 0) is 56.3 Å². The summed E-state index contributed by atoms with van der Waals surface area (Å²) in [6.07, 6.45) is 5.13. The molecule has 1 heterocycles. The molecule has 1 amide bonds. The summed E-state index contributed by atoms with van der Waals surface area (Å²) in [6.45, 7) is 6.92. The Balaban J connectivity index is 1.73. The third-order valence-electron chi connectivity index (χ3n) is 4.80. The van der Waals surface area contributed by atoms with Crippen molar-refractivity contribution in [1.29, 1.82) is 0 Å². The minimum atomic E-state index is -0.203. The fourth-order valence-electron chi connectivity index (χ4n) is 3.19. The first-order valence-electron chi connectivity index (χ1n) is 9.73. The van der Waals surface area contributed by atoms with Crippen molar-refractivity contribution in [3.05, 3.63) is 47.4 Å². The maximum atomic E-state index is 12.7. The van der Waals surface area contributed by atoms with Crippen LogP contribution in [0.4, 0.5) is 11.5 Å². The van der Waals surface area contributed by atoms with Gasteiger partial charge >= 0.3 is 0 Å². The molecule has 2 aromatic rings. The van der Waals surface area contributed by atoms with Gasteiger partial charge in [-0.15, -0.1) is 0 Å². The van der Waals surface area contributed by atoms with E-state index in [1.165, 1.54) is 24.7 Å². The van der Waals surface area contributed by atoms with Gasteiger partial charge in [-0.1, -0.05) is 19.1 Å². The Kier molecular flexibility index (Phi) is 6.40. The van der Waals surface area contributed by atoms with Crippen molar-refractivity contribution in [2.75, 3.05) is 30.4 Å². The number of carbonyl (C=O) groups is 1. The normalized spacial score (nSPS) is 13.4. The highest BCUT2D eigenvalue weighted by Gasteiger charge is 2.25. The van der Waals surface area contributed by atoms with E-state index >= 15 is 0 Å². The predicted molar refractivity (Wildman–Crippen MR) is 109 cm³/mol. The Morgan fingerprint density at radius 1 is 1.26 bits per heavy atom. The van der Waals surface area contributed by atoms with Crippen molar-refractivity contribution in [3.8, 4) is 0 Å². The minimum absolute atomic E-state index is 0.203. The fraction of sp³-hybridized carbons (Fsp3) is 0.476. The van der Waals surface area contributed by atoms with E-state index in [9.17, 15) is 4.79 Å². The summed E-state index contributed by atoms with van der Waals surface area (Å²) >= 11 is 0. The molecule has 6 nitrogen and oxygen atoms in total. The Labute approximate surface area is 161 Å². The number of aryl methyl sites for hydroxylation is 1. The number of anilines is 2. The highest BCUT2D eigenvalue weighted by atomic mass is 16.1. The highest BCUT2D eigenvalue weighted by Crippen LogP contribution is 2.31. The molecule has 6 heteroatoms. The average molecular weight is 367 g/mol. The number of hydrogen-bond acceptors (Lipinski definition) is 5. The lowest BCUT2D eigenvalue weighted by Crippen LogP contribution is -2.28. The molecular formula is C21H29N5O. The van der Waals surface area contributed by atoms with Crippen LogP contribution in [0.2, 0.25) is 0 Å². The van der Waals surface area contributed by atoms with E-state index in [4.69, 9.17) is 0 Å². The summed E-state index contributed by atoms with van der Waals surface area (Å²) in [7, 11) is 1.92. The second-order valence-electron chi connectivity index (χ2n) is 7.28. The van der Waals surface area contributed by atoms with Crippen LogP contribution in [-0.4, -0.2) is 36.0 Å². The largest absolute Gasteiger partial charge is 0.356 e. The molecule has 0 bridgehead atoms. The van der Waals surface area contributed by atoms with E-state index in [2.05, 4.69) is 38.5 Å². The fourth-order valence-corrected chi connectivity index (χ4v) is 3.19. The predicted octanol–water partition coefficient (Wildman–Crippen LogP) is 3.38. The molecule has 1 fully saturated rings. The van der Waals surface area contributed by atoms with E-state index in [-0.39, 0.29) is 5.91 Å². The van der Waals surface area contributed by atoms with Crippen LogP contribution in [0.3, 0.4) is 0 Å². The van der Waals surface area contributed by atoms with Crippen molar-refractivity contribution < 1.29 is 4.79 Å². The SMILES string of the molecule is CCCN(CC1CC1)c1cc(C(=O)Nc2ccc(CNC)cc2C)ncn1. The molecule has 144 valence electrons. The molecule has 3 rings (SSSR count). The third-order valence-corrected chi connectivity index (χ3v) is 4.80. The van der Waals surface area contributed by atoms with Crippen molar-refractivity contribution in [1.82, 2.24) is 15.3 Å². The number of nitrogens with zero attached hydrogens (tertiary/aromatic N) is 3. The average Bonchev–Trinajstić information content (AvgIpc) is 3.48. The van der Waals surface area contributed by atoms with E-state index < -0.39 is 0 Å². The zero-order chi connectivity index (χ0) is 19.2. The van der Waals surface area contributed by atoms with Crippen molar-refractivity contribution in [2.24, 2.45) is 5.92 Å². The molecule has 0 saturated heterocycles. The Bertz CT molecular complexity index is 788. The maximum Gasteiger partial charge on any atom is 0.274 e. The van der Waals surface area contributed by atoms with Crippen LogP contribution in [0.25, 0.3) is 0 Å². The molecule has 0 radical (unpaired) electrons. The smallest absolute Gasteiger partial charge is 0.274 e. The minimum Gasteiger partial charge on any atom is -0.356 e. The zero-order valence-electron chi connectivity index (χ0n) is 16.5. The third kappa shape index (κ3) is 5.26. The summed E-state index contributed by atoms with van der Waals surface area (Å²) in [5.74, 6) is 1.40. The van der Waals surface area contributed by atoms with Gasteiger partial charge in [-0.2, -0.15) is 0 Å². The van der Waals surface area contributed by atoms with Crippen molar-refractivity contribution >= 4 is 17.4 Å². The van der Waals surface area contributed by atoms with Gasteiger partial charge in [-0.25, -0.2) is 9.97 Å². The van der Waals surface area contributed by atoms with E-state index in [1.807, 2.05) is 26.1 Å². The molecule has 0 aliphatic heterocycles. The van der Waals surface area contributed by atoms with Crippen LogP contribution in [0.15, 0.2) is 30.6 Å².